The van der Waals surface area contributed by atoms with Crippen molar-refractivity contribution in [2.45, 2.75) is 194 Å². The Balaban J connectivity index is 1.57. The average Bonchev–Trinajstić information content (AvgIpc) is 1.77. The Kier molecular flexibility index (Phi) is 30.1. The van der Waals surface area contributed by atoms with Crippen molar-refractivity contribution in [2.24, 2.45) is 45.9 Å². The van der Waals surface area contributed by atoms with E-state index in [2.05, 4.69) is 54.1 Å². The number of nitrogens with zero attached hydrogens (tertiary/aromatic N) is 4. The van der Waals surface area contributed by atoms with Gasteiger partial charge in [-0.1, -0.05) is 105 Å². The fraction of sp³-hybridized carbons (Fsp3) is 0.587. The van der Waals surface area contributed by atoms with Gasteiger partial charge in [0, 0.05) is 55.3 Å². The Labute approximate surface area is 531 Å². The minimum absolute atomic E-state index is 0.0251. The monoisotopic (exact) mass is 1270 g/mol. The molecule has 90 heavy (non-hydrogen) atoms. The van der Waals surface area contributed by atoms with Crippen molar-refractivity contribution < 1.29 is 58.2 Å². The van der Waals surface area contributed by atoms with Crippen LogP contribution in [-0.4, -0.2) is 165 Å². The number of benzene rings is 2. The highest BCUT2D eigenvalue weighted by atomic mass is 32.1. The number of carboxylic acids is 1. The quantitative estimate of drug-likeness (QED) is 0.0224. The summed E-state index contributed by atoms with van der Waals surface area (Å²) in [7, 11) is 1.31. The molecule has 496 valence electrons. The van der Waals surface area contributed by atoms with Gasteiger partial charge in [0.05, 0.1) is 12.5 Å². The van der Waals surface area contributed by atoms with Crippen molar-refractivity contribution in [1.29, 1.82) is 0 Å². The summed E-state index contributed by atoms with van der Waals surface area (Å²) < 4.78 is 0. The first-order valence-corrected chi connectivity index (χ1v) is 31.8. The predicted octanol–water partition coefficient (Wildman–Crippen LogP) is 2.98. The molecular weight excluding hydrogens is 1180 g/mol. The molecule has 1 aromatic heterocycles. The fourth-order valence-electron chi connectivity index (χ4n) is 10.3. The molecule has 0 unspecified atom stereocenters. The molecule has 0 spiro atoms. The lowest BCUT2D eigenvalue weighted by Gasteiger charge is -2.35. The Morgan fingerprint density at radius 3 is 1.88 bits per heavy atom. The number of aliphatic hydroxyl groups is 1. The molecule has 0 bridgehead atoms. The van der Waals surface area contributed by atoms with E-state index in [9.17, 15) is 58.2 Å². The van der Waals surface area contributed by atoms with E-state index >= 15 is 0 Å². The average molecular weight is 1270 g/mol. The number of carbonyl (C=O) groups excluding carboxylic acids is 9. The normalized spacial score (nSPS) is 16.5. The first-order chi connectivity index (χ1) is 42.5. The van der Waals surface area contributed by atoms with Crippen LogP contribution in [0, 0.1) is 23.7 Å². The van der Waals surface area contributed by atoms with Gasteiger partial charge in [0.1, 0.15) is 48.3 Å². The van der Waals surface area contributed by atoms with Crippen molar-refractivity contribution in [3.8, 4) is 0 Å². The van der Waals surface area contributed by atoms with E-state index in [1.165, 1.54) is 7.05 Å². The third-order valence-corrected chi connectivity index (χ3v) is 16.3. The van der Waals surface area contributed by atoms with Crippen molar-refractivity contribution in [3.05, 3.63) is 76.8 Å². The van der Waals surface area contributed by atoms with E-state index in [4.69, 9.17) is 17.2 Å². The lowest BCUT2D eigenvalue weighted by atomic mass is 9.97. The summed E-state index contributed by atoms with van der Waals surface area (Å²) in [6, 6.07) is 5.04. The Morgan fingerprint density at radius 1 is 0.711 bits per heavy atom. The minimum Gasteiger partial charge on any atom is -0.481 e. The molecule has 3 aromatic rings. The highest BCUT2D eigenvalue weighted by Crippen LogP contribution is 2.27. The van der Waals surface area contributed by atoms with Gasteiger partial charge in [-0.2, -0.15) is 0 Å². The number of nitrogens with two attached hydrogens (primary N) is 3. The topological polar surface area (TPSA) is 405 Å². The standard InChI is InChI=1S/C63H96N14O12S/c1-11-13-20-43-33-68-63(90-43)69-41-24-22-40(23-25-41)54(82)71-46(30-39-18-15-14-16-19-39)57(85)72-45(27-35(3)4)56(84)74-48(28-36(5)6)60(88)77-34-42(78)31-50(77)61(89)76(10)49(29-37(7)8)59(87)73-47(32-51(79)80)58(86)70-44(21-17-26-67-62(65)66)55(83)75-52(53(64)81)38(9)12-2/h14-16,18-19,22-25,33,35-38,42,44-50,52,78H,11-13,17,20-21,26-32,34H2,1-10H3,(H2,64,81)(H,68,69)(H,70,86)(H,71,82)(H,72,85)(H,73,87)(H,74,84)(H,75,83)(H,79,80)(H4,65,66,67)/t38-,42+,44-,45+,46-,47-,48-,49-,50-,52-/m0/s1. The summed E-state index contributed by atoms with van der Waals surface area (Å²) in [6.07, 6.45) is 3.21. The summed E-state index contributed by atoms with van der Waals surface area (Å²) in [6.45, 7) is 16.2. The molecule has 2 heterocycles. The molecule has 1 fully saturated rings. The van der Waals surface area contributed by atoms with Gasteiger partial charge in [-0.15, -0.1) is 11.3 Å². The van der Waals surface area contributed by atoms with Gasteiger partial charge in [-0.05, 0) is 98.4 Å². The van der Waals surface area contributed by atoms with Gasteiger partial charge in [0.2, 0.25) is 47.3 Å². The summed E-state index contributed by atoms with van der Waals surface area (Å²) >= 11 is 1.56. The molecule has 1 aliphatic rings. The number of aryl methyl sites for hydroxylation is 1. The van der Waals surface area contributed by atoms with Crippen molar-refractivity contribution in [2.75, 3.05) is 25.5 Å². The number of rotatable bonds is 37. The number of aliphatic carboxylic acids is 1. The number of likely N-dealkylation sites (tertiary alicyclic amines) is 1. The first kappa shape index (κ1) is 74.3. The maximum atomic E-state index is 14.9. The van der Waals surface area contributed by atoms with Crippen LogP contribution in [-0.2, 0) is 56.0 Å². The van der Waals surface area contributed by atoms with E-state index < -0.39 is 126 Å². The number of aliphatic hydroxyl groups excluding tert-OH is 1. The highest BCUT2D eigenvalue weighted by molar-refractivity contribution is 7.15. The van der Waals surface area contributed by atoms with Gasteiger partial charge in [0.15, 0.2) is 11.1 Å². The number of hydrogen-bond donors (Lipinski definition) is 12. The zero-order chi connectivity index (χ0) is 66.9. The number of nitrogens with one attached hydrogen (secondary N) is 7. The van der Waals surface area contributed by atoms with Gasteiger partial charge in [-0.25, -0.2) is 4.98 Å². The van der Waals surface area contributed by atoms with Crippen molar-refractivity contribution in [3.63, 3.8) is 0 Å². The SMILES string of the molecule is CCCCc1cnc(Nc2ccc(C(=O)N[C@@H](Cc3ccccc3)C(=O)N[C@H](CC(C)C)C(=O)N[C@@H](CC(C)C)C(=O)N3C[C@H](O)C[C@H]3C(=O)N(C)[C@@H](CC(C)C)C(=O)N[C@@H](CC(=O)O)C(=O)N[C@@H](CCCN=C(N)N)C(=O)N[C@H](C(N)=O)[C@@H](C)CC)cc2)s1. The molecule has 26 nitrogen and oxygen atoms in total. The summed E-state index contributed by atoms with van der Waals surface area (Å²) in [5.74, 6) is -9.88. The van der Waals surface area contributed by atoms with Crippen LogP contribution in [0.3, 0.4) is 0 Å². The van der Waals surface area contributed by atoms with Crippen LogP contribution < -0.4 is 54.4 Å². The molecule has 0 saturated carbocycles. The molecule has 0 aliphatic carbocycles. The number of carbonyl (C=O) groups is 10. The van der Waals surface area contributed by atoms with Crippen LogP contribution >= 0.6 is 11.3 Å². The number of hydrogen-bond acceptors (Lipinski definition) is 15. The van der Waals surface area contributed by atoms with E-state index in [1.807, 2.05) is 52.1 Å². The van der Waals surface area contributed by atoms with E-state index in [-0.39, 0.29) is 87.3 Å². The lowest BCUT2D eigenvalue weighted by molar-refractivity contribution is -0.149. The molecule has 15 N–H and O–H groups in total. The second-order valence-corrected chi connectivity index (χ2v) is 25.6. The predicted molar refractivity (Wildman–Crippen MR) is 343 cm³/mol. The number of carboxylic acid groups (broad SMARTS) is 1. The molecule has 27 heteroatoms. The van der Waals surface area contributed by atoms with Gasteiger partial charge >= 0.3 is 5.97 Å². The largest absolute Gasteiger partial charge is 0.481 e. The number of thiazole rings is 1. The highest BCUT2D eigenvalue weighted by Gasteiger charge is 2.45. The molecule has 1 aliphatic heterocycles. The van der Waals surface area contributed by atoms with E-state index in [0.717, 1.165) is 44.6 Å². The number of guanidine groups is 1. The van der Waals surface area contributed by atoms with Crippen LogP contribution in [0.1, 0.15) is 147 Å². The molecular formula is C63H96N14O12S. The maximum absolute atomic E-state index is 14.9. The number of aliphatic imine (C=N–C) groups is 1. The second-order valence-electron chi connectivity index (χ2n) is 24.5. The fourth-order valence-corrected chi connectivity index (χ4v) is 11.2. The Bertz CT molecular complexity index is 2920. The van der Waals surface area contributed by atoms with Crippen LogP contribution in [0.25, 0.3) is 0 Å². The molecule has 10 atom stereocenters. The van der Waals surface area contributed by atoms with Gasteiger partial charge in [0.25, 0.3) is 5.91 Å². The zero-order valence-electron chi connectivity index (χ0n) is 53.6. The number of β-amino-alcohol motifs (C(OH)–C–C–N with tert-alkyl or cyclic N) is 1. The molecule has 2 aromatic carbocycles. The second kappa shape index (κ2) is 36.5. The van der Waals surface area contributed by atoms with Crippen LogP contribution in [0.4, 0.5) is 10.8 Å². The van der Waals surface area contributed by atoms with Gasteiger partial charge in [-0.3, -0.25) is 52.9 Å². The van der Waals surface area contributed by atoms with Crippen LogP contribution in [0.5, 0.6) is 0 Å². The van der Waals surface area contributed by atoms with Crippen LogP contribution in [0.2, 0.25) is 0 Å². The van der Waals surface area contributed by atoms with Crippen molar-refractivity contribution in [1.82, 2.24) is 46.7 Å². The Morgan fingerprint density at radius 2 is 1.29 bits per heavy atom. The Hall–Kier alpha value is -8.20. The number of primary amides is 1. The first-order valence-electron chi connectivity index (χ1n) is 31.0. The van der Waals surface area contributed by atoms with E-state index in [0.29, 0.717) is 12.1 Å². The third-order valence-electron chi connectivity index (χ3n) is 15.4. The molecule has 1 saturated heterocycles. The lowest BCUT2D eigenvalue weighted by Crippen LogP contribution is -2.61. The summed E-state index contributed by atoms with van der Waals surface area (Å²) in [5, 5.41) is 41.2. The zero-order valence-corrected chi connectivity index (χ0v) is 54.4. The molecule has 0 radical (unpaired) electrons. The third kappa shape index (κ3) is 24.0. The van der Waals surface area contributed by atoms with Gasteiger partial charge < -0.3 is 74.4 Å². The molecule has 4 rings (SSSR count). The number of anilines is 2. The number of likely N-dealkylation sites (N-methyl/N-ethyl adjacent to an activating group) is 1. The number of unbranched alkanes of at least 4 members (excludes halogenated alkanes) is 1. The van der Waals surface area contributed by atoms with Crippen molar-refractivity contribution >= 4 is 87.2 Å². The summed E-state index contributed by atoms with van der Waals surface area (Å²) in [4.78, 5) is 151. The smallest absolute Gasteiger partial charge is 0.305 e. The number of aromatic nitrogens is 1. The summed E-state index contributed by atoms with van der Waals surface area (Å²) in [5.41, 5.74) is 18.3. The minimum atomic E-state index is -1.81. The molecule has 9 amide bonds. The van der Waals surface area contributed by atoms with E-state index in [1.54, 1.807) is 75.4 Å². The number of amides is 9. The maximum Gasteiger partial charge on any atom is 0.305 e. The van der Waals surface area contributed by atoms with Crippen LogP contribution in [0.15, 0.2) is 65.8 Å².